The van der Waals surface area contributed by atoms with Gasteiger partial charge in [-0.05, 0) is 54.2 Å². The van der Waals surface area contributed by atoms with Gasteiger partial charge in [-0.15, -0.1) is 24.5 Å². The van der Waals surface area contributed by atoms with Crippen LogP contribution in [0.4, 0.5) is 24.9 Å². The first-order chi connectivity index (χ1) is 13.3. The summed E-state index contributed by atoms with van der Waals surface area (Å²) in [6.07, 6.45) is -3.30. The molecule has 0 spiro atoms. The molecule has 0 bridgehead atoms. The lowest BCUT2D eigenvalue weighted by Crippen LogP contribution is -2.17. The third-order valence-corrected chi connectivity index (χ3v) is 4.67. The molecule has 2 aromatic heterocycles. The smallest absolute Gasteiger partial charge is 0.406 e. The summed E-state index contributed by atoms with van der Waals surface area (Å²) in [4.78, 5) is 13.0. The number of halogens is 3. The minimum absolute atomic E-state index is 0.0552. The molecule has 0 atom stereocenters. The van der Waals surface area contributed by atoms with Crippen molar-refractivity contribution in [2.75, 3.05) is 11.9 Å². The second-order valence-electron chi connectivity index (χ2n) is 5.86. The zero-order valence-corrected chi connectivity index (χ0v) is 15.5. The summed E-state index contributed by atoms with van der Waals surface area (Å²) >= 11 is 1.48. The number of hydrogen-bond donors (Lipinski definition) is 1. The molecule has 28 heavy (non-hydrogen) atoms. The number of thiophene rings is 1. The largest absolute Gasteiger partial charge is 0.573 e. The van der Waals surface area contributed by atoms with Gasteiger partial charge >= 0.3 is 6.36 Å². The van der Waals surface area contributed by atoms with Crippen LogP contribution in [0.2, 0.25) is 0 Å². The highest BCUT2D eigenvalue weighted by Crippen LogP contribution is 2.30. The van der Waals surface area contributed by atoms with Crippen LogP contribution in [-0.2, 0) is 6.42 Å². The summed E-state index contributed by atoms with van der Waals surface area (Å²) < 4.78 is 40.4. The second-order valence-corrected chi connectivity index (χ2v) is 7.09. The summed E-state index contributed by atoms with van der Waals surface area (Å²) in [5.41, 5.74) is 9.49. The van der Waals surface area contributed by atoms with E-state index in [-0.39, 0.29) is 11.7 Å². The minimum Gasteiger partial charge on any atom is -0.406 e. The summed E-state index contributed by atoms with van der Waals surface area (Å²) in [7, 11) is 0. The van der Waals surface area contributed by atoms with E-state index in [1.54, 1.807) is 12.1 Å². The van der Waals surface area contributed by atoms with E-state index in [0.29, 0.717) is 18.8 Å². The molecule has 11 heteroatoms. The third-order valence-electron chi connectivity index (χ3n) is 3.73. The number of fused-ring (bicyclic) bond motifs is 1. The molecular weight excluding hydrogens is 393 g/mol. The fraction of sp³-hybridized carbons (Fsp3) is 0.294. The van der Waals surface area contributed by atoms with Crippen LogP contribution in [-0.4, -0.2) is 22.9 Å². The molecule has 7 nitrogen and oxygen atoms in total. The molecule has 3 aromatic rings. The number of nitrogens with zero attached hydrogens (tertiary/aromatic N) is 5. The van der Waals surface area contributed by atoms with Gasteiger partial charge in [0.1, 0.15) is 16.4 Å². The molecular formula is C17H15F3N6OS. The molecule has 0 saturated carbocycles. The van der Waals surface area contributed by atoms with Crippen LogP contribution in [0.25, 0.3) is 20.7 Å². The molecule has 0 aliphatic heterocycles. The van der Waals surface area contributed by atoms with E-state index in [1.165, 1.54) is 23.5 Å². The Balaban J connectivity index is 1.60. The summed E-state index contributed by atoms with van der Waals surface area (Å²) in [5.74, 6) is 0.404. The van der Waals surface area contributed by atoms with E-state index in [0.717, 1.165) is 27.1 Å². The predicted molar refractivity (Wildman–Crippen MR) is 101 cm³/mol. The zero-order chi connectivity index (χ0) is 20.1. The molecule has 2 heterocycles. The highest BCUT2D eigenvalue weighted by Gasteiger charge is 2.30. The first-order valence-corrected chi connectivity index (χ1v) is 9.07. The van der Waals surface area contributed by atoms with E-state index in [9.17, 15) is 13.2 Å². The SMILES string of the molecule is Cc1cc2c(NCCCc3ccc(OC(F)(F)F)cc3)nc(N=[N+]=[N-])nc2s1. The van der Waals surface area contributed by atoms with E-state index in [1.807, 2.05) is 13.0 Å². The molecule has 146 valence electrons. The number of aromatic nitrogens is 2. The highest BCUT2D eigenvalue weighted by molar-refractivity contribution is 7.18. The van der Waals surface area contributed by atoms with Gasteiger partial charge in [-0.25, -0.2) is 9.97 Å². The first-order valence-electron chi connectivity index (χ1n) is 8.26. The van der Waals surface area contributed by atoms with Gasteiger partial charge in [0.15, 0.2) is 0 Å². The van der Waals surface area contributed by atoms with Crippen LogP contribution in [0.15, 0.2) is 35.4 Å². The number of anilines is 1. The molecule has 0 fully saturated rings. The van der Waals surface area contributed by atoms with Crippen molar-refractivity contribution < 1.29 is 17.9 Å². The number of aryl methyl sites for hydroxylation is 2. The molecule has 0 aliphatic carbocycles. The molecule has 3 rings (SSSR count). The van der Waals surface area contributed by atoms with Gasteiger partial charge in [0.05, 0.1) is 5.39 Å². The van der Waals surface area contributed by atoms with Gasteiger partial charge in [-0.1, -0.05) is 12.1 Å². The van der Waals surface area contributed by atoms with Crippen molar-refractivity contribution in [1.29, 1.82) is 0 Å². The maximum Gasteiger partial charge on any atom is 0.573 e. The number of rotatable bonds is 7. The predicted octanol–water partition coefficient (Wildman–Crippen LogP) is 5.88. The van der Waals surface area contributed by atoms with E-state index in [2.05, 4.69) is 30.0 Å². The summed E-state index contributed by atoms with van der Waals surface area (Å²) in [5, 5.41) is 7.54. The van der Waals surface area contributed by atoms with Crippen molar-refractivity contribution in [2.24, 2.45) is 5.11 Å². The molecule has 0 radical (unpaired) electrons. The summed E-state index contributed by atoms with van der Waals surface area (Å²) in [6.45, 7) is 2.53. The normalized spacial score (nSPS) is 11.3. The topological polar surface area (TPSA) is 95.8 Å². The van der Waals surface area contributed by atoms with Crippen LogP contribution in [0, 0.1) is 6.92 Å². The maximum absolute atomic E-state index is 12.2. The standard InChI is InChI=1S/C17H15F3N6OS/c1-10-9-13-14(23-16(25-26-21)24-15(13)28-10)22-8-2-3-11-4-6-12(7-5-11)27-17(18,19)20/h4-7,9H,2-3,8H2,1H3,(H,22,23,24). The monoisotopic (exact) mass is 408 g/mol. The van der Waals surface area contributed by atoms with Crippen molar-refractivity contribution in [3.8, 4) is 5.75 Å². The third kappa shape index (κ3) is 5.24. The first kappa shape index (κ1) is 19.7. The van der Waals surface area contributed by atoms with E-state index < -0.39 is 6.36 Å². The lowest BCUT2D eigenvalue weighted by atomic mass is 10.1. The fourth-order valence-electron chi connectivity index (χ4n) is 2.61. The van der Waals surface area contributed by atoms with Crippen molar-refractivity contribution in [3.05, 3.63) is 51.2 Å². The van der Waals surface area contributed by atoms with Gasteiger partial charge in [-0.2, -0.15) is 0 Å². The lowest BCUT2D eigenvalue weighted by Gasteiger charge is -2.10. The lowest BCUT2D eigenvalue weighted by molar-refractivity contribution is -0.274. The van der Waals surface area contributed by atoms with Crippen LogP contribution in [0.5, 0.6) is 5.75 Å². The highest BCUT2D eigenvalue weighted by atomic mass is 32.1. The Morgan fingerprint density at radius 2 is 2.00 bits per heavy atom. The van der Waals surface area contributed by atoms with Crippen molar-refractivity contribution in [1.82, 2.24) is 9.97 Å². The van der Waals surface area contributed by atoms with Gasteiger partial charge in [0.2, 0.25) is 5.95 Å². The number of nitrogens with one attached hydrogen (secondary N) is 1. The molecule has 0 saturated heterocycles. The quantitative estimate of drug-likeness (QED) is 0.228. The number of benzene rings is 1. The van der Waals surface area contributed by atoms with Gasteiger partial charge in [0.25, 0.3) is 0 Å². The van der Waals surface area contributed by atoms with Crippen molar-refractivity contribution in [3.63, 3.8) is 0 Å². The molecule has 0 unspecified atom stereocenters. The average molecular weight is 408 g/mol. The molecule has 1 aromatic carbocycles. The number of azide groups is 1. The van der Waals surface area contributed by atoms with Crippen molar-refractivity contribution >= 4 is 33.3 Å². The Labute approximate surface area is 161 Å². The van der Waals surface area contributed by atoms with Gasteiger partial charge < -0.3 is 10.1 Å². The number of hydrogen-bond acceptors (Lipinski definition) is 6. The Morgan fingerprint density at radius 3 is 2.68 bits per heavy atom. The average Bonchev–Trinajstić information content (AvgIpc) is 2.99. The van der Waals surface area contributed by atoms with E-state index in [4.69, 9.17) is 5.53 Å². The minimum atomic E-state index is -4.69. The van der Waals surface area contributed by atoms with Crippen LogP contribution in [0.3, 0.4) is 0 Å². The second kappa shape index (κ2) is 8.32. The van der Waals surface area contributed by atoms with E-state index >= 15 is 0 Å². The van der Waals surface area contributed by atoms with Crippen LogP contribution < -0.4 is 10.1 Å². The molecule has 0 amide bonds. The Morgan fingerprint density at radius 1 is 1.25 bits per heavy atom. The summed E-state index contributed by atoms with van der Waals surface area (Å²) in [6, 6.07) is 7.76. The van der Waals surface area contributed by atoms with Crippen LogP contribution >= 0.6 is 11.3 Å². The Bertz CT molecular complexity index is 1010. The Hall–Kier alpha value is -3.04. The molecule has 0 aliphatic rings. The Kier molecular flexibility index (Phi) is 5.86. The number of ether oxygens (including phenoxy) is 1. The number of alkyl halides is 3. The zero-order valence-electron chi connectivity index (χ0n) is 14.7. The maximum atomic E-state index is 12.2. The van der Waals surface area contributed by atoms with Gasteiger partial charge in [-0.3, -0.25) is 0 Å². The van der Waals surface area contributed by atoms with Crippen molar-refractivity contribution in [2.45, 2.75) is 26.1 Å². The van der Waals surface area contributed by atoms with Crippen LogP contribution in [0.1, 0.15) is 16.9 Å². The van der Waals surface area contributed by atoms with Gasteiger partial charge in [0, 0.05) is 16.3 Å². The molecule has 1 N–H and O–H groups in total. The fourth-order valence-corrected chi connectivity index (χ4v) is 3.48.